The van der Waals surface area contributed by atoms with E-state index in [0.717, 1.165) is 33.6 Å². The van der Waals surface area contributed by atoms with Crippen molar-refractivity contribution in [3.63, 3.8) is 0 Å². The van der Waals surface area contributed by atoms with Crippen LogP contribution in [0, 0.1) is 20.8 Å². The Morgan fingerprint density at radius 2 is 1.62 bits per heavy atom. The molecule has 122 valence electrons. The Balaban J connectivity index is 2.09. The van der Waals surface area contributed by atoms with Crippen molar-refractivity contribution in [2.24, 2.45) is 5.73 Å². The zero-order chi connectivity index (χ0) is 17.3. The Bertz CT molecular complexity index is 881. The van der Waals surface area contributed by atoms with Crippen molar-refractivity contribution >= 4 is 28.2 Å². The van der Waals surface area contributed by atoms with Crippen LogP contribution in [0.2, 0.25) is 0 Å². The number of benzene rings is 2. The van der Waals surface area contributed by atoms with E-state index >= 15 is 0 Å². The molecule has 24 heavy (non-hydrogen) atoms. The number of para-hydroxylation sites is 1. The number of aromatic nitrogens is 1. The first-order valence-corrected chi connectivity index (χ1v) is 8.54. The van der Waals surface area contributed by atoms with Crippen LogP contribution in [-0.2, 0) is 0 Å². The lowest BCUT2D eigenvalue weighted by Gasteiger charge is -2.21. The second kappa shape index (κ2) is 6.45. The van der Waals surface area contributed by atoms with E-state index < -0.39 is 6.03 Å². The number of hydrogen-bond donors (Lipinski definition) is 1. The van der Waals surface area contributed by atoms with Crippen molar-refractivity contribution in [3.05, 3.63) is 64.5 Å². The summed E-state index contributed by atoms with van der Waals surface area (Å²) < 4.78 is 0. The fourth-order valence-electron chi connectivity index (χ4n) is 2.81. The van der Waals surface area contributed by atoms with Gasteiger partial charge in [-0.05, 0) is 37.5 Å². The minimum atomic E-state index is -0.530. The number of urea groups is 1. The molecule has 5 heteroatoms. The summed E-state index contributed by atoms with van der Waals surface area (Å²) in [5.74, 6) is 0. The molecular formula is C19H19N3OS. The van der Waals surface area contributed by atoms with Crippen LogP contribution in [0.25, 0.3) is 11.3 Å². The molecule has 1 heterocycles. The molecule has 0 atom stereocenters. The van der Waals surface area contributed by atoms with Crippen molar-refractivity contribution in [3.8, 4) is 11.3 Å². The number of anilines is 2. The van der Waals surface area contributed by atoms with Gasteiger partial charge in [-0.1, -0.05) is 42.5 Å². The molecule has 0 aliphatic heterocycles. The quantitative estimate of drug-likeness (QED) is 0.735. The highest BCUT2D eigenvalue weighted by Crippen LogP contribution is 2.36. The summed E-state index contributed by atoms with van der Waals surface area (Å²) in [6.45, 7) is 5.98. The summed E-state index contributed by atoms with van der Waals surface area (Å²) in [7, 11) is 0. The van der Waals surface area contributed by atoms with Gasteiger partial charge in [0.1, 0.15) is 0 Å². The highest BCUT2D eigenvalue weighted by Gasteiger charge is 2.22. The predicted molar refractivity (Wildman–Crippen MR) is 99.9 cm³/mol. The van der Waals surface area contributed by atoms with Crippen LogP contribution in [0.5, 0.6) is 0 Å². The Labute approximate surface area is 145 Å². The first-order chi connectivity index (χ1) is 11.5. The van der Waals surface area contributed by atoms with Crippen LogP contribution in [-0.4, -0.2) is 11.0 Å². The molecule has 3 rings (SSSR count). The second-order valence-electron chi connectivity index (χ2n) is 5.74. The van der Waals surface area contributed by atoms with Gasteiger partial charge in [-0.2, -0.15) is 0 Å². The number of hydrogen-bond acceptors (Lipinski definition) is 3. The van der Waals surface area contributed by atoms with Crippen molar-refractivity contribution in [2.45, 2.75) is 20.8 Å². The summed E-state index contributed by atoms with van der Waals surface area (Å²) in [4.78, 5) is 18.3. The van der Waals surface area contributed by atoms with E-state index in [4.69, 9.17) is 5.73 Å². The predicted octanol–water partition coefficient (Wildman–Crippen LogP) is 4.95. The average molecular weight is 337 g/mol. The summed E-state index contributed by atoms with van der Waals surface area (Å²) >= 11 is 1.42. The fourth-order valence-corrected chi connectivity index (χ4v) is 3.64. The van der Waals surface area contributed by atoms with E-state index in [1.54, 1.807) is 0 Å². The minimum absolute atomic E-state index is 0.530. The number of carbonyl (C=O) groups excluding carboxylic acids is 1. The van der Waals surface area contributed by atoms with Crippen LogP contribution >= 0.6 is 11.3 Å². The van der Waals surface area contributed by atoms with Gasteiger partial charge in [-0.15, -0.1) is 11.3 Å². The summed E-state index contributed by atoms with van der Waals surface area (Å²) in [6.07, 6.45) is 0. The topological polar surface area (TPSA) is 59.2 Å². The van der Waals surface area contributed by atoms with Crippen LogP contribution in [0.15, 0.2) is 47.8 Å². The van der Waals surface area contributed by atoms with E-state index in [1.807, 2.05) is 68.6 Å². The summed E-state index contributed by atoms with van der Waals surface area (Å²) in [5.41, 5.74) is 11.5. The molecule has 2 amide bonds. The largest absolute Gasteiger partial charge is 0.351 e. The molecule has 2 aromatic carbocycles. The molecule has 4 nitrogen and oxygen atoms in total. The van der Waals surface area contributed by atoms with Gasteiger partial charge in [0.2, 0.25) is 0 Å². The lowest BCUT2D eigenvalue weighted by atomic mass is 10.1. The normalized spacial score (nSPS) is 10.6. The molecule has 0 unspecified atom stereocenters. The molecule has 0 aliphatic carbocycles. The van der Waals surface area contributed by atoms with Crippen molar-refractivity contribution in [1.29, 1.82) is 0 Å². The molecule has 0 fully saturated rings. The molecular weight excluding hydrogens is 318 g/mol. The van der Waals surface area contributed by atoms with Crippen molar-refractivity contribution < 1.29 is 4.79 Å². The highest BCUT2D eigenvalue weighted by molar-refractivity contribution is 7.14. The molecule has 0 saturated heterocycles. The molecule has 1 aromatic heterocycles. The second-order valence-corrected chi connectivity index (χ2v) is 6.58. The standard InChI is InChI=1S/C19H19N3OS/c1-12-7-4-5-10-15(12)16-11-24-19(21-16)22(18(20)23)17-13(2)8-6-9-14(17)3/h4-11H,1-3H3,(H2,20,23). The fraction of sp³-hybridized carbons (Fsp3) is 0.158. The lowest BCUT2D eigenvalue weighted by molar-refractivity contribution is 0.256. The zero-order valence-corrected chi connectivity index (χ0v) is 14.7. The Morgan fingerprint density at radius 3 is 2.25 bits per heavy atom. The average Bonchev–Trinajstić information content (AvgIpc) is 3.00. The number of nitrogens with two attached hydrogens (primary N) is 1. The smallest absolute Gasteiger partial charge is 0.325 e. The zero-order valence-electron chi connectivity index (χ0n) is 13.9. The molecule has 2 N–H and O–H groups in total. The molecule has 0 radical (unpaired) electrons. The molecule has 0 spiro atoms. The Hall–Kier alpha value is -2.66. The van der Waals surface area contributed by atoms with E-state index in [1.165, 1.54) is 16.2 Å². The van der Waals surface area contributed by atoms with Crippen LogP contribution in [0.4, 0.5) is 15.6 Å². The Morgan fingerprint density at radius 1 is 1.00 bits per heavy atom. The third-order valence-corrected chi connectivity index (χ3v) is 4.81. The SMILES string of the molecule is Cc1ccccc1-c1csc(N(C(N)=O)c2c(C)cccc2C)n1. The maximum Gasteiger partial charge on any atom is 0.325 e. The van der Waals surface area contributed by atoms with Gasteiger partial charge in [0.05, 0.1) is 11.4 Å². The van der Waals surface area contributed by atoms with E-state index in [0.29, 0.717) is 5.13 Å². The first kappa shape index (κ1) is 16.2. The number of nitrogens with zero attached hydrogens (tertiary/aromatic N) is 2. The molecule has 0 bridgehead atoms. The van der Waals surface area contributed by atoms with Crippen LogP contribution < -0.4 is 10.6 Å². The molecule has 0 saturated carbocycles. The maximum atomic E-state index is 12.1. The number of thiazole rings is 1. The summed E-state index contributed by atoms with van der Waals surface area (Å²) in [5, 5.41) is 2.54. The van der Waals surface area contributed by atoms with Crippen LogP contribution in [0.1, 0.15) is 16.7 Å². The maximum absolute atomic E-state index is 12.1. The number of amides is 2. The van der Waals surface area contributed by atoms with Gasteiger partial charge in [0.15, 0.2) is 5.13 Å². The lowest BCUT2D eigenvalue weighted by Crippen LogP contribution is -2.32. The van der Waals surface area contributed by atoms with Crippen molar-refractivity contribution in [1.82, 2.24) is 4.98 Å². The van der Waals surface area contributed by atoms with E-state index in [2.05, 4.69) is 4.98 Å². The van der Waals surface area contributed by atoms with Gasteiger partial charge in [-0.25, -0.2) is 14.7 Å². The summed E-state index contributed by atoms with van der Waals surface area (Å²) in [6, 6.07) is 13.4. The van der Waals surface area contributed by atoms with Crippen LogP contribution in [0.3, 0.4) is 0 Å². The highest BCUT2D eigenvalue weighted by atomic mass is 32.1. The van der Waals surface area contributed by atoms with Gasteiger partial charge < -0.3 is 5.73 Å². The number of rotatable bonds is 3. The third kappa shape index (κ3) is 2.90. The number of aryl methyl sites for hydroxylation is 3. The molecule has 3 aromatic rings. The van der Waals surface area contributed by atoms with Gasteiger partial charge in [0.25, 0.3) is 0 Å². The van der Waals surface area contributed by atoms with Crippen molar-refractivity contribution in [2.75, 3.05) is 4.90 Å². The van der Waals surface area contributed by atoms with E-state index in [9.17, 15) is 4.79 Å². The minimum Gasteiger partial charge on any atom is -0.351 e. The number of primary amides is 1. The monoisotopic (exact) mass is 337 g/mol. The first-order valence-electron chi connectivity index (χ1n) is 7.66. The van der Waals surface area contributed by atoms with Gasteiger partial charge in [0, 0.05) is 10.9 Å². The van der Waals surface area contributed by atoms with Gasteiger partial charge >= 0.3 is 6.03 Å². The van der Waals surface area contributed by atoms with Gasteiger partial charge in [-0.3, -0.25) is 0 Å². The Kier molecular flexibility index (Phi) is 4.36. The third-order valence-electron chi connectivity index (χ3n) is 3.99. The number of carbonyl (C=O) groups is 1. The molecule has 0 aliphatic rings. The van der Waals surface area contributed by atoms with E-state index in [-0.39, 0.29) is 0 Å².